The first kappa shape index (κ1) is 38.8. The number of urea groups is 1. The third-order valence-electron chi connectivity index (χ3n) is 9.27. The van der Waals surface area contributed by atoms with Gasteiger partial charge in [-0.2, -0.15) is 13.2 Å². The number of nitrogens with zero attached hydrogens (tertiary/aromatic N) is 5. The van der Waals surface area contributed by atoms with Crippen LogP contribution in [0.5, 0.6) is 0 Å². The maximum absolute atomic E-state index is 15.7. The number of carbonyl (C=O) groups is 4. The molecular weight excluding hydrogens is 732 g/mol. The molecule has 18 heteroatoms. The van der Waals surface area contributed by atoms with Gasteiger partial charge in [-0.05, 0) is 48.4 Å². The Kier molecular flexibility index (Phi) is 10.9. The smallest absolute Gasteiger partial charge is 0.411 e. The SMILES string of the molecule is CC(=O)OC(C)OC(=O)[C@H](Cc1ccc(N2C(=O)N(C)c3cnccc3C2O)c2ncccc12)NC(=O)c1c(C)cc(N2CCOC[C@@H]2C(F)(F)F)cc1F. The van der Waals surface area contributed by atoms with Crippen LogP contribution >= 0.6 is 0 Å². The molecule has 2 aliphatic rings. The molecule has 14 nitrogen and oxygen atoms in total. The van der Waals surface area contributed by atoms with Gasteiger partial charge in [-0.3, -0.25) is 29.4 Å². The number of carbonyl (C=O) groups excluding carboxylic acids is 4. The van der Waals surface area contributed by atoms with Crippen LogP contribution in [0.3, 0.4) is 0 Å². The number of hydrogen-bond donors (Lipinski definition) is 2. The number of ether oxygens (including phenoxy) is 3. The number of alkyl halides is 3. The Bertz CT molecular complexity index is 2130. The fourth-order valence-electron chi connectivity index (χ4n) is 6.74. The monoisotopic (exact) mass is 768 g/mol. The number of aryl methyl sites for hydroxylation is 1. The lowest BCUT2D eigenvalue weighted by Crippen LogP contribution is -2.53. The van der Waals surface area contributed by atoms with Crippen molar-refractivity contribution in [2.75, 3.05) is 41.5 Å². The van der Waals surface area contributed by atoms with Crippen molar-refractivity contribution in [2.45, 2.75) is 58.0 Å². The van der Waals surface area contributed by atoms with Crippen LogP contribution in [0, 0.1) is 12.7 Å². The lowest BCUT2D eigenvalue weighted by atomic mass is 9.98. The van der Waals surface area contributed by atoms with Crippen LogP contribution in [0.4, 0.5) is 39.4 Å². The van der Waals surface area contributed by atoms with Crippen molar-refractivity contribution in [2.24, 2.45) is 0 Å². The predicted octanol–water partition coefficient (Wildman–Crippen LogP) is 4.71. The molecule has 6 rings (SSSR count). The van der Waals surface area contributed by atoms with Crippen LogP contribution in [0.2, 0.25) is 0 Å². The van der Waals surface area contributed by atoms with E-state index in [1.54, 1.807) is 24.3 Å². The van der Waals surface area contributed by atoms with E-state index in [0.29, 0.717) is 22.2 Å². The van der Waals surface area contributed by atoms with E-state index in [0.717, 1.165) is 22.8 Å². The molecule has 2 unspecified atom stereocenters. The lowest BCUT2D eigenvalue weighted by Gasteiger charge is -2.38. The minimum atomic E-state index is -4.67. The van der Waals surface area contributed by atoms with Crippen molar-refractivity contribution in [1.82, 2.24) is 15.3 Å². The predicted molar refractivity (Wildman–Crippen MR) is 189 cm³/mol. The Labute approximate surface area is 311 Å². The summed E-state index contributed by atoms with van der Waals surface area (Å²) in [6.07, 6.45) is -3.33. The zero-order chi connectivity index (χ0) is 39.8. The average molecular weight is 769 g/mol. The number of morpholine rings is 1. The summed E-state index contributed by atoms with van der Waals surface area (Å²) >= 11 is 0. The van der Waals surface area contributed by atoms with Gasteiger partial charge in [0.1, 0.15) is 17.9 Å². The Morgan fingerprint density at radius 1 is 1.11 bits per heavy atom. The van der Waals surface area contributed by atoms with Crippen molar-refractivity contribution in [3.63, 3.8) is 0 Å². The molecule has 2 aromatic heterocycles. The van der Waals surface area contributed by atoms with E-state index in [-0.39, 0.29) is 42.0 Å². The van der Waals surface area contributed by atoms with E-state index in [2.05, 4.69) is 15.3 Å². The highest BCUT2D eigenvalue weighted by atomic mass is 19.4. The Balaban J connectivity index is 1.33. The second-order valence-electron chi connectivity index (χ2n) is 13.0. The van der Waals surface area contributed by atoms with Crippen LogP contribution in [0.1, 0.15) is 47.1 Å². The van der Waals surface area contributed by atoms with E-state index >= 15 is 4.39 Å². The molecule has 0 spiro atoms. The van der Waals surface area contributed by atoms with E-state index in [1.165, 1.54) is 56.5 Å². The van der Waals surface area contributed by atoms with Crippen LogP contribution in [-0.2, 0) is 30.2 Å². The number of benzene rings is 2. The molecule has 1 fully saturated rings. The second-order valence-corrected chi connectivity index (χ2v) is 13.0. The maximum Gasteiger partial charge on any atom is 0.411 e. The number of rotatable bonds is 9. The minimum absolute atomic E-state index is 0.00797. The first-order chi connectivity index (χ1) is 26.1. The Morgan fingerprint density at radius 2 is 1.87 bits per heavy atom. The maximum atomic E-state index is 15.7. The number of halogens is 4. The number of hydrogen-bond acceptors (Lipinski definition) is 11. The van der Waals surface area contributed by atoms with Crippen molar-refractivity contribution in [3.8, 4) is 0 Å². The van der Waals surface area contributed by atoms with Crippen LogP contribution in [0.25, 0.3) is 10.9 Å². The number of pyridine rings is 2. The average Bonchev–Trinajstić information content (AvgIpc) is 3.13. The van der Waals surface area contributed by atoms with Gasteiger partial charge in [0, 0.05) is 62.9 Å². The third kappa shape index (κ3) is 7.86. The molecule has 0 radical (unpaired) electrons. The van der Waals surface area contributed by atoms with Crippen LogP contribution in [-0.4, -0.2) is 90.3 Å². The van der Waals surface area contributed by atoms with Gasteiger partial charge in [-0.15, -0.1) is 0 Å². The van der Waals surface area contributed by atoms with Gasteiger partial charge < -0.3 is 29.5 Å². The molecule has 0 saturated carbocycles. The van der Waals surface area contributed by atoms with Gasteiger partial charge >= 0.3 is 24.1 Å². The number of aliphatic hydroxyl groups is 1. The molecule has 1 saturated heterocycles. The summed E-state index contributed by atoms with van der Waals surface area (Å²) < 4.78 is 72.3. The molecular formula is C37H36F4N6O8. The summed E-state index contributed by atoms with van der Waals surface area (Å²) in [6, 6.07) is 5.83. The molecule has 290 valence electrons. The summed E-state index contributed by atoms with van der Waals surface area (Å²) in [7, 11) is 1.53. The van der Waals surface area contributed by atoms with Gasteiger partial charge in [0.25, 0.3) is 5.91 Å². The number of esters is 2. The number of aliphatic hydroxyl groups excluding tert-OH is 1. The number of nitrogens with one attached hydrogen (secondary N) is 1. The molecule has 2 aliphatic heterocycles. The standard InChI is InChI=1S/C37H36F4N6O8/c1-19-14-23(46-12-13-53-18-30(46)37(39,40)41)16-26(38)31(19)33(49)44-27(35(51)55-21(3)54-20(2)48)15-22-7-8-28(32-24(22)6-5-10-43-32)47-34(50)25-9-11-42-17-29(25)45(4)36(47)52/h5-11,14,16-17,21,27,30,34,50H,12-13,15,18H2,1-4H3,(H,44,49)/t21?,27-,30+,34?/m0/s1. The van der Waals surface area contributed by atoms with Gasteiger partial charge in [-0.1, -0.05) is 12.1 Å². The topological polar surface area (TPSA) is 164 Å². The Hall–Kier alpha value is -5.88. The zero-order valence-electron chi connectivity index (χ0n) is 30.0. The lowest BCUT2D eigenvalue weighted by molar-refractivity contribution is -0.184. The molecule has 0 aliphatic carbocycles. The highest BCUT2D eigenvalue weighted by molar-refractivity contribution is 6.10. The molecule has 3 amide bonds. The van der Waals surface area contributed by atoms with Crippen molar-refractivity contribution in [1.29, 1.82) is 0 Å². The van der Waals surface area contributed by atoms with E-state index in [9.17, 15) is 37.5 Å². The summed E-state index contributed by atoms with van der Waals surface area (Å²) in [6.45, 7) is 2.89. The summed E-state index contributed by atoms with van der Waals surface area (Å²) in [5.41, 5.74) is 1.08. The molecule has 4 atom stereocenters. The van der Waals surface area contributed by atoms with Gasteiger partial charge in [-0.25, -0.2) is 14.0 Å². The summed E-state index contributed by atoms with van der Waals surface area (Å²) in [5.74, 6) is -4.02. The first-order valence-corrected chi connectivity index (χ1v) is 17.0. The van der Waals surface area contributed by atoms with Gasteiger partial charge in [0.05, 0.1) is 41.9 Å². The summed E-state index contributed by atoms with van der Waals surface area (Å²) in [4.78, 5) is 64.4. The number of amides is 3. The largest absolute Gasteiger partial charge is 0.426 e. The third-order valence-corrected chi connectivity index (χ3v) is 9.27. The zero-order valence-corrected chi connectivity index (χ0v) is 30.0. The highest BCUT2D eigenvalue weighted by Gasteiger charge is 2.46. The fraction of sp³-hybridized carbons (Fsp3) is 0.351. The molecule has 2 aromatic carbocycles. The normalized spacial score (nSPS) is 18.4. The van der Waals surface area contributed by atoms with Gasteiger partial charge in [0.2, 0.25) is 6.29 Å². The molecule has 0 bridgehead atoms. The molecule has 55 heavy (non-hydrogen) atoms. The van der Waals surface area contributed by atoms with Gasteiger partial charge in [0.15, 0.2) is 6.23 Å². The van der Waals surface area contributed by atoms with Crippen LogP contribution < -0.4 is 20.0 Å². The number of anilines is 3. The van der Waals surface area contributed by atoms with E-state index < -0.39 is 72.6 Å². The fourth-order valence-corrected chi connectivity index (χ4v) is 6.74. The van der Waals surface area contributed by atoms with Crippen molar-refractivity contribution >= 4 is 51.8 Å². The first-order valence-electron chi connectivity index (χ1n) is 17.0. The van der Waals surface area contributed by atoms with E-state index in [1.807, 2.05) is 0 Å². The summed E-state index contributed by atoms with van der Waals surface area (Å²) in [5, 5.41) is 14.2. The highest BCUT2D eigenvalue weighted by Crippen LogP contribution is 2.40. The molecule has 2 N–H and O–H groups in total. The molecule has 4 heterocycles. The second kappa shape index (κ2) is 15.5. The number of fused-ring (bicyclic) bond motifs is 2. The number of aromatic nitrogens is 2. The van der Waals surface area contributed by atoms with Crippen LogP contribution in [0.15, 0.2) is 61.1 Å². The van der Waals surface area contributed by atoms with Crippen molar-refractivity contribution < 1.29 is 56.1 Å². The van der Waals surface area contributed by atoms with Crippen molar-refractivity contribution in [3.05, 3.63) is 89.1 Å². The van der Waals surface area contributed by atoms with E-state index in [4.69, 9.17) is 14.2 Å². The Morgan fingerprint density at radius 3 is 2.58 bits per heavy atom. The quantitative estimate of drug-likeness (QED) is 0.138. The minimum Gasteiger partial charge on any atom is -0.426 e. The molecule has 4 aromatic rings.